The van der Waals surface area contributed by atoms with Crippen molar-refractivity contribution in [3.8, 4) is 17.2 Å². The van der Waals surface area contributed by atoms with E-state index >= 15 is 0 Å². The minimum Gasteiger partial charge on any atom is -0.493 e. The standard InChI is InChI=1S/C27H22Cl3N3O5S/c1-36-22-10-15(11-23(37-2)25(22)38-3)9-21-26(35)33(16-7-5-4-6-8-16)27(32-21)39-14-24(34)31-20-13-18(29)17(28)12-19(20)30/h4-13H,14H2,1-3H3,(H,31,34)/b21-9-. The van der Waals surface area contributed by atoms with Gasteiger partial charge in [0.1, 0.15) is 5.70 Å². The van der Waals surface area contributed by atoms with E-state index in [0.29, 0.717) is 39.4 Å². The number of anilines is 2. The largest absolute Gasteiger partial charge is 0.493 e. The van der Waals surface area contributed by atoms with Crippen molar-refractivity contribution in [2.75, 3.05) is 37.3 Å². The number of hydrogen-bond acceptors (Lipinski definition) is 7. The van der Waals surface area contributed by atoms with Gasteiger partial charge in [0.2, 0.25) is 11.7 Å². The second-order valence-corrected chi connectivity index (χ2v) is 10.1. The first-order valence-electron chi connectivity index (χ1n) is 11.3. The zero-order chi connectivity index (χ0) is 28.1. The molecule has 0 aliphatic carbocycles. The maximum atomic E-state index is 13.5. The molecule has 0 radical (unpaired) electrons. The van der Waals surface area contributed by atoms with Crippen LogP contribution in [0.4, 0.5) is 11.4 Å². The molecule has 39 heavy (non-hydrogen) atoms. The number of benzene rings is 3. The summed E-state index contributed by atoms with van der Waals surface area (Å²) in [5.74, 6) is 0.522. The van der Waals surface area contributed by atoms with E-state index in [9.17, 15) is 9.59 Å². The molecule has 2 amide bonds. The average Bonchev–Trinajstić information content (AvgIpc) is 3.24. The van der Waals surface area contributed by atoms with Crippen molar-refractivity contribution in [2.24, 2.45) is 4.99 Å². The summed E-state index contributed by atoms with van der Waals surface area (Å²) in [6.45, 7) is 0. The summed E-state index contributed by atoms with van der Waals surface area (Å²) in [6.07, 6.45) is 1.62. The van der Waals surface area contributed by atoms with Crippen molar-refractivity contribution < 1.29 is 23.8 Å². The van der Waals surface area contributed by atoms with Gasteiger partial charge >= 0.3 is 0 Å². The minimum atomic E-state index is -0.370. The topological polar surface area (TPSA) is 89.5 Å². The van der Waals surface area contributed by atoms with Crippen molar-refractivity contribution in [3.63, 3.8) is 0 Å². The van der Waals surface area contributed by atoms with Crippen LogP contribution in [0.15, 0.2) is 65.3 Å². The molecule has 0 unspecified atom stereocenters. The Morgan fingerprint density at radius 2 is 1.59 bits per heavy atom. The number of rotatable bonds is 8. The number of amides is 2. The Balaban J connectivity index is 1.62. The van der Waals surface area contributed by atoms with E-state index in [0.717, 1.165) is 11.8 Å². The molecule has 0 aromatic heterocycles. The highest BCUT2D eigenvalue weighted by Gasteiger charge is 2.32. The van der Waals surface area contributed by atoms with Gasteiger partial charge in [0.05, 0.1) is 53.5 Å². The molecule has 0 fully saturated rings. The van der Waals surface area contributed by atoms with Crippen molar-refractivity contribution in [3.05, 3.63) is 80.9 Å². The Labute approximate surface area is 244 Å². The van der Waals surface area contributed by atoms with E-state index in [1.165, 1.54) is 38.4 Å². The van der Waals surface area contributed by atoms with Gasteiger partial charge in [-0.2, -0.15) is 0 Å². The minimum absolute atomic E-state index is 0.0521. The Kier molecular flexibility index (Phi) is 9.29. The first kappa shape index (κ1) is 28.6. The summed E-state index contributed by atoms with van der Waals surface area (Å²) in [7, 11) is 4.53. The van der Waals surface area contributed by atoms with Crippen LogP contribution in [-0.4, -0.2) is 44.1 Å². The molecule has 12 heteroatoms. The molecule has 1 aliphatic heterocycles. The molecule has 1 aliphatic rings. The van der Waals surface area contributed by atoms with Gasteiger partial charge in [-0.3, -0.25) is 14.5 Å². The number of aliphatic imine (C=N–C) groups is 1. The lowest BCUT2D eigenvalue weighted by Crippen LogP contribution is -2.31. The number of hydrogen-bond donors (Lipinski definition) is 1. The van der Waals surface area contributed by atoms with Crippen LogP contribution in [0.2, 0.25) is 15.1 Å². The van der Waals surface area contributed by atoms with Crippen molar-refractivity contribution in [1.29, 1.82) is 0 Å². The van der Waals surface area contributed by atoms with E-state index in [1.807, 2.05) is 18.2 Å². The van der Waals surface area contributed by atoms with Crippen LogP contribution in [0.1, 0.15) is 5.56 Å². The quantitative estimate of drug-likeness (QED) is 0.224. The van der Waals surface area contributed by atoms with E-state index in [4.69, 9.17) is 49.0 Å². The number of para-hydroxylation sites is 1. The van der Waals surface area contributed by atoms with Crippen LogP contribution in [0.5, 0.6) is 17.2 Å². The van der Waals surface area contributed by atoms with Crippen molar-refractivity contribution >= 4 is 81.0 Å². The highest BCUT2D eigenvalue weighted by Crippen LogP contribution is 2.39. The molecule has 1 heterocycles. The average molecular weight is 607 g/mol. The van der Waals surface area contributed by atoms with Gasteiger partial charge in [-0.25, -0.2) is 4.99 Å². The molecule has 3 aromatic rings. The lowest BCUT2D eigenvalue weighted by Gasteiger charge is -2.17. The van der Waals surface area contributed by atoms with Crippen LogP contribution in [0.25, 0.3) is 6.08 Å². The smallest absolute Gasteiger partial charge is 0.283 e. The van der Waals surface area contributed by atoms with Gasteiger partial charge in [0, 0.05) is 0 Å². The van der Waals surface area contributed by atoms with Crippen molar-refractivity contribution in [2.45, 2.75) is 0 Å². The molecule has 4 rings (SSSR count). The molecular weight excluding hydrogens is 585 g/mol. The first-order chi connectivity index (χ1) is 18.7. The van der Waals surface area contributed by atoms with Crippen LogP contribution < -0.4 is 24.4 Å². The molecule has 202 valence electrons. The monoisotopic (exact) mass is 605 g/mol. The highest BCUT2D eigenvalue weighted by molar-refractivity contribution is 8.14. The van der Waals surface area contributed by atoms with Gasteiger partial charge in [0.15, 0.2) is 16.7 Å². The summed E-state index contributed by atoms with van der Waals surface area (Å²) in [6, 6.07) is 15.4. The number of ether oxygens (including phenoxy) is 3. The lowest BCUT2D eigenvalue weighted by atomic mass is 10.1. The van der Waals surface area contributed by atoms with Gasteiger partial charge < -0.3 is 19.5 Å². The SMILES string of the molecule is COc1cc(/C=C2\N=C(SCC(=O)Nc3cc(Cl)c(Cl)cc3Cl)N(c3ccccc3)C2=O)cc(OC)c1OC. The normalized spacial score (nSPS) is 13.9. The third-order valence-corrected chi connectivity index (χ3v) is 7.42. The van der Waals surface area contributed by atoms with Crippen LogP contribution in [-0.2, 0) is 9.59 Å². The molecule has 3 aromatic carbocycles. The molecule has 0 bridgehead atoms. The summed E-state index contributed by atoms with van der Waals surface area (Å²) in [5.41, 5.74) is 1.71. The number of nitrogens with one attached hydrogen (secondary N) is 1. The third kappa shape index (κ3) is 6.45. The maximum absolute atomic E-state index is 13.5. The predicted molar refractivity (Wildman–Crippen MR) is 158 cm³/mol. The molecule has 0 spiro atoms. The van der Waals surface area contributed by atoms with Crippen LogP contribution in [0, 0.1) is 0 Å². The molecule has 0 atom stereocenters. The second-order valence-electron chi connectivity index (χ2n) is 7.94. The summed E-state index contributed by atoms with van der Waals surface area (Å²) in [5, 5.41) is 3.82. The van der Waals surface area contributed by atoms with Crippen LogP contribution in [0.3, 0.4) is 0 Å². The number of amidine groups is 1. The third-order valence-electron chi connectivity index (χ3n) is 5.45. The molecular formula is C27H22Cl3N3O5S. The molecule has 0 saturated carbocycles. The van der Waals surface area contributed by atoms with Gasteiger partial charge in [-0.05, 0) is 48.0 Å². The fourth-order valence-corrected chi connectivity index (χ4v) is 5.08. The fourth-order valence-electron chi connectivity index (χ4n) is 3.68. The summed E-state index contributed by atoms with van der Waals surface area (Å²) < 4.78 is 16.2. The number of nitrogens with zero attached hydrogens (tertiary/aromatic N) is 2. The van der Waals surface area contributed by atoms with Gasteiger partial charge in [-0.1, -0.05) is 64.8 Å². The van der Waals surface area contributed by atoms with Crippen LogP contribution >= 0.6 is 46.6 Å². The van der Waals surface area contributed by atoms with E-state index in [1.54, 1.807) is 30.3 Å². The lowest BCUT2D eigenvalue weighted by molar-refractivity contribution is -0.114. The van der Waals surface area contributed by atoms with E-state index < -0.39 is 0 Å². The zero-order valence-corrected chi connectivity index (χ0v) is 24.0. The van der Waals surface area contributed by atoms with E-state index in [-0.39, 0.29) is 38.3 Å². The van der Waals surface area contributed by atoms with Gasteiger partial charge in [-0.15, -0.1) is 0 Å². The zero-order valence-electron chi connectivity index (χ0n) is 21.0. The summed E-state index contributed by atoms with van der Waals surface area (Å²) >= 11 is 19.3. The fraction of sp³-hybridized carbons (Fsp3) is 0.148. The number of halogens is 3. The Hall–Kier alpha value is -3.37. The Morgan fingerprint density at radius 3 is 2.21 bits per heavy atom. The molecule has 1 N–H and O–H groups in total. The molecule has 8 nitrogen and oxygen atoms in total. The molecule has 0 saturated heterocycles. The number of methoxy groups -OCH3 is 3. The summed E-state index contributed by atoms with van der Waals surface area (Å²) in [4.78, 5) is 32.2. The van der Waals surface area contributed by atoms with Crippen molar-refractivity contribution in [1.82, 2.24) is 0 Å². The number of thioether (sulfide) groups is 1. The first-order valence-corrected chi connectivity index (χ1v) is 13.4. The van der Waals surface area contributed by atoms with Gasteiger partial charge in [0.25, 0.3) is 5.91 Å². The highest BCUT2D eigenvalue weighted by atomic mass is 35.5. The Morgan fingerprint density at radius 1 is 0.949 bits per heavy atom. The second kappa shape index (κ2) is 12.7. The maximum Gasteiger partial charge on any atom is 0.283 e. The predicted octanol–water partition coefficient (Wildman–Crippen LogP) is 6.79. The Bertz CT molecular complexity index is 1460. The number of carbonyl (C=O) groups excluding carboxylic acids is 2. The number of carbonyl (C=O) groups is 2. The van der Waals surface area contributed by atoms with E-state index in [2.05, 4.69) is 10.3 Å².